The number of nitrogens with zero attached hydrogens (tertiary/aromatic N) is 1. The van der Waals surface area contributed by atoms with Crippen LogP contribution in [-0.2, 0) is 4.79 Å². The maximum Gasteiger partial charge on any atom is 0.225 e. The highest BCUT2D eigenvalue weighted by atomic mass is 16.1. The van der Waals surface area contributed by atoms with Crippen molar-refractivity contribution in [1.82, 2.24) is 0 Å². The van der Waals surface area contributed by atoms with Crippen LogP contribution >= 0.6 is 0 Å². The van der Waals surface area contributed by atoms with Gasteiger partial charge in [0.15, 0.2) is 0 Å². The van der Waals surface area contributed by atoms with E-state index in [1.54, 1.807) is 12.1 Å². The summed E-state index contributed by atoms with van der Waals surface area (Å²) in [6.07, 6.45) is 5.67. The van der Waals surface area contributed by atoms with Gasteiger partial charge in [0.05, 0.1) is 5.69 Å². The van der Waals surface area contributed by atoms with Gasteiger partial charge in [0.1, 0.15) is 0 Å². The van der Waals surface area contributed by atoms with Crippen molar-refractivity contribution in [3.05, 3.63) is 30.3 Å². The second-order valence-electron chi connectivity index (χ2n) is 1.94. The van der Waals surface area contributed by atoms with Gasteiger partial charge in [0, 0.05) is 6.04 Å². The number of amides is 1. The lowest BCUT2D eigenvalue weighted by molar-refractivity contribution is -0.106. The van der Waals surface area contributed by atoms with E-state index in [2.05, 4.69) is 6.04 Å². The molecule has 0 unspecified atom stereocenters. The van der Waals surface area contributed by atoms with Crippen molar-refractivity contribution in [2.24, 2.45) is 0 Å². The highest BCUT2D eigenvalue weighted by Gasteiger charge is 1.97. The van der Waals surface area contributed by atoms with E-state index in [9.17, 15) is 4.79 Å². The lowest BCUT2D eigenvalue weighted by Crippen LogP contribution is -2.12. The molecule has 11 heavy (non-hydrogen) atoms. The number of carbonyl (C=O) groups excluding carboxylic acids is 1. The predicted octanol–water partition coefficient (Wildman–Crippen LogP) is 1.24. The smallest absolute Gasteiger partial charge is 0.225 e. The van der Waals surface area contributed by atoms with Crippen LogP contribution in [0.2, 0.25) is 0 Å². The normalized spacial score (nSPS) is 8.27. The van der Waals surface area contributed by atoms with Crippen molar-refractivity contribution in [2.45, 2.75) is 0 Å². The Morgan fingerprint density at radius 1 is 1.36 bits per heavy atom. The van der Waals surface area contributed by atoms with Crippen LogP contribution in [-0.4, -0.2) is 6.41 Å². The molecule has 0 aliphatic heterocycles. The van der Waals surface area contributed by atoms with Gasteiger partial charge in [-0.05, 0) is 12.1 Å². The number of rotatable bonds is 2. The average molecular weight is 145 g/mol. The molecule has 2 nitrogen and oxygen atoms in total. The largest absolute Gasteiger partial charge is 0.277 e. The minimum absolute atomic E-state index is 0.606. The van der Waals surface area contributed by atoms with Crippen LogP contribution in [0.25, 0.3) is 0 Å². The summed E-state index contributed by atoms with van der Waals surface area (Å²) in [6.45, 7) is 0. The summed E-state index contributed by atoms with van der Waals surface area (Å²) in [7, 11) is 0. The van der Waals surface area contributed by atoms with Crippen LogP contribution in [0.4, 0.5) is 5.69 Å². The fourth-order valence-electron chi connectivity index (χ4n) is 0.754. The molecule has 1 aromatic carbocycles. The molecule has 0 saturated heterocycles. The van der Waals surface area contributed by atoms with Crippen molar-refractivity contribution in [2.75, 3.05) is 4.90 Å². The van der Waals surface area contributed by atoms with Crippen molar-refractivity contribution >= 4 is 12.1 Å². The second kappa shape index (κ2) is 3.43. The SMILES string of the molecule is C#CN(C=O)c1ccccc1. The van der Waals surface area contributed by atoms with Crippen LogP contribution in [0.1, 0.15) is 0 Å². The van der Waals surface area contributed by atoms with Crippen LogP contribution in [0, 0.1) is 12.5 Å². The zero-order chi connectivity index (χ0) is 8.10. The highest BCUT2D eigenvalue weighted by Crippen LogP contribution is 2.09. The summed E-state index contributed by atoms with van der Waals surface area (Å²) < 4.78 is 0. The highest BCUT2D eigenvalue weighted by molar-refractivity contribution is 5.79. The maximum absolute atomic E-state index is 10.3. The van der Waals surface area contributed by atoms with Gasteiger partial charge in [0.25, 0.3) is 0 Å². The molecule has 54 valence electrons. The molecule has 0 N–H and O–H groups in total. The van der Waals surface area contributed by atoms with E-state index in [0.29, 0.717) is 12.1 Å². The molecular formula is C9H7NO. The number of hydrogen-bond donors (Lipinski definition) is 0. The predicted molar refractivity (Wildman–Crippen MR) is 43.8 cm³/mol. The lowest BCUT2D eigenvalue weighted by Gasteiger charge is -2.06. The molecule has 0 spiro atoms. The Balaban J connectivity index is 2.93. The van der Waals surface area contributed by atoms with E-state index in [4.69, 9.17) is 6.42 Å². The number of hydrogen-bond acceptors (Lipinski definition) is 1. The summed E-state index contributed by atoms with van der Waals surface area (Å²) in [5, 5.41) is 0. The van der Waals surface area contributed by atoms with Crippen LogP contribution in [0.3, 0.4) is 0 Å². The molecular weight excluding hydrogens is 138 g/mol. The van der Waals surface area contributed by atoms with E-state index < -0.39 is 0 Å². The molecule has 0 heterocycles. The van der Waals surface area contributed by atoms with Crippen molar-refractivity contribution in [3.63, 3.8) is 0 Å². The van der Waals surface area contributed by atoms with Gasteiger partial charge >= 0.3 is 0 Å². The van der Waals surface area contributed by atoms with E-state index in [1.165, 1.54) is 4.90 Å². The third kappa shape index (κ3) is 1.59. The Kier molecular flexibility index (Phi) is 2.29. The van der Waals surface area contributed by atoms with Gasteiger partial charge in [-0.25, -0.2) is 4.90 Å². The van der Waals surface area contributed by atoms with Crippen LogP contribution < -0.4 is 4.90 Å². The van der Waals surface area contributed by atoms with Crippen molar-refractivity contribution < 1.29 is 4.79 Å². The number of benzene rings is 1. The Labute approximate surface area is 65.4 Å². The number of para-hydroxylation sites is 1. The molecule has 0 aromatic heterocycles. The molecule has 1 amide bonds. The van der Waals surface area contributed by atoms with E-state index >= 15 is 0 Å². The number of terminal acetylenes is 1. The van der Waals surface area contributed by atoms with Gasteiger partial charge in [-0.1, -0.05) is 24.6 Å². The lowest BCUT2D eigenvalue weighted by atomic mass is 10.3. The second-order valence-corrected chi connectivity index (χ2v) is 1.94. The Morgan fingerprint density at radius 2 is 2.00 bits per heavy atom. The number of anilines is 1. The van der Waals surface area contributed by atoms with Crippen LogP contribution in [0.5, 0.6) is 0 Å². The summed E-state index contributed by atoms with van der Waals surface area (Å²) in [6, 6.07) is 11.3. The maximum atomic E-state index is 10.3. The van der Waals surface area contributed by atoms with Gasteiger partial charge in [-0.3, -0.25) is 4.79 Å². The monoisotopic (exact) mass is 145 g/mol. The molecule has 0 fully saturated rings. The summed E-state index contributed by atoms with van der Waals surface area (Å²) in [5.41, 5.74) is 0.713. The summed E-state index contributed by atoms with van der Waals surface area (Å²) in [4.78, 5) is 11.5. The zero-order valence-electron chi connectivity index (χ0n) is 5.90. The van der Waals surface area contributed by atoms with Gasteiger partial charge in [0.2, 0.25) is 6.41 Å². The third-order valence-corrected chi connectivity index (χ3v) is 1.28. The average Bonchev–Trinajstić information content (AvgIpc) is 2.09. The molecule has 1 aromatic rings. The first-order chi connectivity index (χ1) is 5.38. The minimum atomic E-state index is 0.606. The molecule has 0 aliphatic rings. The standard InChI is InChI=1S/C9H7NO/c1-2-10(8-11)9-6-4-3-5-7-9/h1,3-8H. The first-order valence-corrected chi connectivity index (χ1v) is 3.14. The quantitative estimate of drug-likeness (QED) is 0.348. The van der Waals surface area contributed by atoms with E-state index in [-0.39, 0.29) is 0 Å². The Bertz CT molecular complexity index is 273. The van der Waals surface area contributed by atoms with E-state index in [0.717, 1.165) is 0 Å². The molecule has 0 aliphatic carbocycles. The summed E-state index contributed by atoms with van der Waals surface area (Å²) >= 11 is 0. The third-order valence-electron chi connectivity index (χ3n) is 1.28. The van der Waals surface area contributed by atoms with Gasteiger partial charge < -0.3 is 0 Å². The molecule has 0 atom stereocenters. The van der Waals surface area contributed by atoms with Crippen molar-refractivity contribution in [3.8, 4) is 12.5 Å². The molecule has 1 rings (SSSR count). The first kappa shape index (κ1) is 7.36. The van der Waals surface area contributed by atoms with Gasteiger partial charge in [-0.15, -0.1) is 0 Å². The fourth-order valence-corrected chi connectivity index (χ4v) is 0.754. The Morgan fingerprint density at radius 3 is 2.45 bits per heavy atom. The fraction of sp³-hybridized carbons (Fsp3) is 0. The van der Waals surface area contributed by atoms with E-state index in [1.807, 2.05) is 18.2 Å². The molecule has 0 bridgehead atoms. The first-order valence-electron chi connectivity index (χ1n) is 3.14. The minimum Gasteiger partial charge on any atom is -0.277 e. The summed E-state index contributed by atoms with van der Waals surface area (Å²) in [5.74, 6) is 0. The van der Waals surface area contributed by atoms with Gasteiger partial charge in [-0.2, -0.15) is 0 Å². The molecule has 0 saturated carbocycles. The molecule has 2 heteroatoms. The number of carbonyl (C=O) groups is 1. The Hall–Kier alpha value is -1.75. The molecule has 0 radical (unpaired) electrons. The zero-order valence-corrected chi connectivity index (χ0v) is 5.90. The topological polar surface area (TPSA) is 20.3 Å². The van der Waals surface area contributed by atoms with Crippen molar-refractivity contribution in [1.29, 1.82) is 0 Å². The van der Waals surface area contributed by atoms with Crippen LogP contribution in [0.15, 0.2) is 30.3 Å².